The van der Waals surface area contributed by atoms with Gasteiger partial charge in [0.1, 0.15) is 0 Å². The zero-order valence-electron chi connectivity index (χ0n) is 15.9. The number of amides is 1. The second-order valence-corrected chi connectivity index (χ2v) is 6.70. The number of nitrogens with one attached hydrogen (secondary N) is 1. The van der Waals surface area contributed by atoms with Gasteiger partial charge in [0.25, 0.3) is 5.91 Å². The summed E-state index contributed by atoms with van der Waals surface area (Å²) >= 11 is 0. The lowest BCUT2D eigenvalue weighted by Gasteiger charge is -2.18. The van der Waals surface area contributed by atoms with E-state index < -0.39 is 5.97 Å². The average molecular weight is 383 g/mol. The van der Waals surface area contributed by atoms with Crippen molar-refractivity contribution in [2.45, 2.75) is 25.3 Å². The fourth-order valence-corrected chi connectivity index (χ4v) is 2.98. The first-order valence-corrected chi connectivity index (χ1v) is 9.43. The van der Waals surface area contributed by atoms with Crippen LogP contribution < -0.4 is 14.8 Å². The van der Waals surface area contributed by atoms with Crippen LogP contribution in [0.4, 0.5) is 0 Å². The Kier molecular flexibility index (Phi) is 6.89. The monoisotopic (exact) mass is 383 g/mol. The van der Waals surface area contributed by atoms with Gasteiger partial charge in [-0.1, -0.05) is 42.5 Å². The lowest BCUT2D eigenvalue weighted by atomic mass is 10.0. The summed E-state index contributed by atoms with van der Waals surface area (Å²) in [6.45, 7) is -0.140. The first-order chi connectivity index (χ1) is 13.7. The van der Waals surface area contributed by atoms with Crippen molar-refractivity contribution >= 4 is 11.9 Å². The molecule has 2 aromatic carbocycles. The van der Waals surface area contributed by atoms with Crippen LogP contribution in [0.2, 0.25) is 0 Å². The van der Waals surface area contributed by atoms with Gasteiger partial charge in [-0.25, -0.2) is 0 Å². The minimum Gasteiger partial charge on any atom is -0.493 e. The Labute approximate surface area is 164 Å². The molecule has 1 unspecified atom stereocenters. The largest absolute Gasteiger partial charge is 0.493 e. The summed E-state index contributed by atoms with van der Waals surface area (Å²) in [5.74, 6) is 0.844. The van der Waals surface area contributed by atoms with E-state index >= 15 is 0 Å². The number of rotatable bonds is 10. The quantitative estimate of drug-likeness (QED) is 0.638. The number of ether oxygens (including phenoxy) is 3. The molecule has 6 heteroatoms. The molecular formula is C22H25NO5. The van der Waals surface area contributed by atoms with Crippen molar-refractivity contribution in [2.24, 2.45) is 5.92 Å². The van der Waals surface area contributed by atoms with Crippen molar-refractivity contribution in [1.29, 1.82) is 0 Å². The third kappa shape index (κ3) is 5.74. The standard InChI is InChI=1S/C22H25NO5/c1-26-18-9-5-6-10-19(18)27-14-13-21(25)28-15-20(24)23-22(17-11-12-17)16-7-3-2-4-8-16/h2-10,17,22H,11-15H2,1H3,(H,23,24). The van der Waals surface area contributed by atoms with Crippen LogP contribution in [0.5, 0.6) is 11.5 Å². The lowest BCUT2D eigenvalue weighted by Crippen LogP contribution is -2.33. The zero-order valence-corrected chi connectivity index (χ0v) is 15.9. The maximum Gasteiger partial charge on any atom is 0.309 e. The number of hydrogen-bond donors (Lipinski definition) is 1. The van der Waals surface area contributed by atoms with E-state index in [9.17, 15) is 9.59 Å². The van der Waals surface area contributed by atoms with Gasteiger partial charge in [0.05, 0.1) is 26.2 Å². The Hall–Kier alpha value is -3.02. The van der Waals surface area contributed by atoms with Crippen molar-refractivity contribution in [1.82, 2.24) is 5.32 Å². The predicted octanol–water partition coefficient (Wildman–Crippen LogP) is 3.27. The zero-order chi connectivity index (χ0) is 19.8. The highest BCUT2D eigenvalue weighted by atomic mass is 16.5. The van der Waals surface area contributed by atoms with Gasteiger partial charge >= 0.3 is 5.97 Å². The molecule has 0 saturated heterocycles. The molecule has 1 aliphatic carbocycles. The molecule has 1 fully saturated rings. The first-order valence-electron chi connectivity index (χ1n) is 9.43. The number of carbonyl (C=O) groups is 2. The number of carbonyl (C=O) groups excluding carboxylic acids is 2. The Morgan fingerprint density at radius 2 is 1.71 bits per heavy atom. The van der Waals surface area contributed by atoms with Gasteiger partial charge in [-0.3, -0.25) is 9.59 Å². The van der Waals surface area contributed by atoms with Crippen LogP contribution >= 0.6 is 0 Å². The van der Waals surface area contributed by atoms with Gasteiger partial charge in [0.2, 0.25) is 0 Å². The molecule has 2 aromatic rings. The van der Waals surface area contributed by atoms with Crippen LogP contribution in [-0.2, 0) is 14.3 Å². The van der Waals surface area contributed by atoms with Gasteiger partial charge in [-0.05, 0) is 36.5 Å². The smallest absolute Gasteiger partial charge is 0.309 e. The Morgan fingerprint density at radius 1 is 1.04 bits per heavy atom. The van der Waals surface area contributed by atoms with Crippen LogP contribution in [0.15, 0.2) is 54.6 Å². The molecule has 0 spiro atoms. The second-order valence-electron chi connectivity index (χ2n) is 6.70. The van der Waals surface area contributed by atoms with Gasteiger partial charge in [0.15, 0.2) is 18.1 Å². The van der Waals surface area contributed by atoms with Crippen molar-refractivity contribution in [3.8, 4) is 11.5 Å². The molecule has 1 N–H and O–H groups in total. The molecule has 0 aromatic heterocycles. The predicted molar refractivity (Wildman–Crippen MR) is 104 cm³/mol. The normalized spacial score (nSPS) is 14.0. The summed E-state index contributed by atoms with van der Waals surface area (Å²) in [5, 5.41) is 2.98. The number of benzene rings is 2. The van der Waals surface area contributed by atoms with E-state index in [0.717, 1.165) is 18.4 Å². The first kappa shape index (κ1) is 19.7. The molecule has 1 amide bonds. The maximum absolute atomic E-state index is 12.2. The summed E-state index contributed by atoms with van der Waals surface area (Å²) in [6, 6.07) is 17.0. The summed E-state index contributed by atoms with van der Waals surface area (Å²) in [7, 11) is 1.55. The molecule has 0 aliphatic heterocycles. The summed E-state index contributed by atoms with van der Waals surface area (Å²) in [4.78, 5) is 24.1. The van der Waals surface area contributed by atoms with Gasteiger partial charge in [0, 0.05) is 0 Å². The third-order valence-electron chi connectivity index (χ3n) is 4.57. The molecule has 1 aliphatic rings. The SMILES string of the molecule is COc1ccccc1OCCC(=O)OCC(=O)NC(c1ccccc1)C1CC1. The molecule has 0 heterocycles. The highest BCUT2D eigenvalue weighted by molar-refractivity contribution is 5.81. The van der Waals surface area contributed by atoms with E-state index in [1.165, 1.54) is 0 Å². The lowest BCUT2D eigenvalue weighted by molar-refractivity contribution is -0.149. The summed E-state index contributed by atoms with van der Waals surface area (Å²) in [6.07, 6.45) is 2.25. The Balaban J connectivity index is 1.39. The number of hydrogen-bond acceptors (Lipinski definition) is 5. The molecule has 28 heavy (non-hydrogen) atoms. The molecular weight excluding hydrogens is 358 g/mol. The van der Waals surface area contributed by atoms with Crippen molar-refractivity contribution in [3.63, 3.8) is 0 Å². The van der Waals surface area contributed by atoms with E-state index in [4.69, 9.17) is 14.2 Å². The molecule has 148 valence electrons. The summed E-state index contributed by atoms with van der Waals surface area (Å²) < 4.78 is 15.8. The molecule has 0 radical (unpaired) electrons. The van der Waals surface area contributed by atoms with Crippen LogP contribution in [0.1, 0.15) is 30.9 Å². The van der Waals surface area contributed by atoms with Crippen LogP contribution in [-0.4, -0.2) is 32.2 Å². The Bertz CT molecular complexity index is 789. The molecule has 3 rings (SSSR count). The van der Waals surface area contributed by atoms with E-state index in [-0.39, 0.29) is 31.6 Å². The maximum atomic E-state index is 12.2. The summed E-state index contributed by atoms with van der Waals surface area (Å²) in [5.41, 5.74) is 1.08. The molecule has 1 atom stereocenters. The van der Waals surface area contributed by atoms with E-state index in [1.807, 2.05) is 42.5 Å². The fourth-order valence-electron chi connectivity index (χ4n) is 2.98. The minimum atomic E-state index is -0.479. The topological polar surface area (TPSA) is 73.9 Å². The van der Waals surface area contributed by atoms with Crippen LogP contribution in [0.3, 0.4) is 0 Å². The molecule has 0 bridgehead atoms. The van der Waals surface area contributed by atoms with Gasteiger partial charge in [-0.15, -0.1) is 0 Å². The van der Waals surface area contributed by atoms with Crippen LogP contribution in [0.25, 0.3) is 0 Å². The van der Waals surface area contributed by atoms with Gasteiger partial charge in [-0.2, -0.15) is 0 Å². The second kappa shape index (κ2) is 9.78. The van der Waals surface area contributed by atoms with Crippen molar-refractivity contribution < 1.29 is 23.8 Å². The highest BCUT2D eigenvalue weighted by Crippen LogP contribution is 2.40. The van der Waals surface area contributed by atoms with E-state index in [1.54, 1.807) is 19.2 Å². The van der Waals surface area contributed by atoms with E-state index in [2.05, 4.69) is 5.32 Å². The van der Waals surface area contributed by atoms with Crippen molar-refractivity contribution in [2.75, 3.05) is 20.3 Å². The number of esters is 1. The third-order valence-corrected chi connectivity index (χ3v) is 4.57. The minimum absolute atomic E-state index is 0.0266. The highest BCUT2D eigenvalue weighted by Gasteiger charge is 2.33. The fraction of sp³-hybridized carbons (Fsp3) is 0.364. The average Bonchev–Trinajstić information content (AvgIpc) is 3.56. The van der Waals surface area contributed by atoms with Gasteiger partial charge < -0.3 is 19.5 Å². The van der Waals surface area contributed by atoms with E-state index in [0.29, 0.717) is 17.4 Å². The Morgan fingerprint density at radius 3 is 2.39 bits per heavy atom. The van der Waals surface area contributed by atoms with Crippen LogP contribution in [0, 0.1) is 5.92 Å². The van der Waals surface area contributed by atoms with Crippen molar-refractivity contribution in [3.05, 3.63) is 60.2 Å². The molecule has 6 nitrogen and oxygen atoms in total. The molecule has 1 saturated carbocycles. The number of para-hydroxylation sites is 2. The number of methoxy groups -OCH3 is 1.